The third-order valence-corrected chi connectivity index (χ3v) is 3.53. The maximum Gasteiger partial charge on any atom is 0.164 e. The number of ketones is 1. The quantitative estimate of drug-likeness (QED) is 0.404. The predicted octanol–water partition coefficient (Wildman–Crippen LogP) is 2.22. The summed E-state index contributed by atoms with van der Waals surface area (Å²) >= 11 is 0. The monoisotopic (exact) mass is 172 g/mol. The zero-order chi connectivity index (χ0) is 8.27. The van der Waals surface area contributed by atoms with Crippen LogP contribution in [-0.2, 0) is 4.79 Å². The molecule has 0 unspecified atom stereocenters. The molecule has 0 aromatic heterocycles. The van der Waals surface area contributed by atoms with Crippen molar-refractivity contribution in [3.8, 4) is 0 Å². The molecular weight excluding hydrogens is 156 g/mol. The average Bonchev–Trinajstić information content (AvgIpc) is 2.13. The first-order chi connectivity index (χ1) is 5.22. The maximum absolute atomic E-state index is 11.4. The molecule has 1 rings (SSSR count). The normalized spacial score (nSPS) is 20.6. The minimum atomic E-state index is 0.224. The molecule has 0 aromatic carbocycles. The van der Waals surface area contributed by atoms with E-state index in [0.29, 0.717) is 5.78 Å². The van der Waals surface area contributed by atoms with Crippen LogP contribution < -0.4 is 0 Å². The van der Waals surface area contributed by atoms with Gasteiger partial charge in [-0.2, -0.15) is 10.5 Å². The number of hydrogen-bond acceptors (Lipinski definition) is 1. The van der Waals surface area contributed by atoms with E-state index in [-0.39, 0.29) is 10.5 Å². The Balaban J connectivity index is 2.76. The van der Waals surface area contributed by atoms with E-state index >= 15 is 0 Å². The third kappa shape index (κ3) is 2.44. The number of carbonyl (C=O) groups excluding carboxylic acids is 1. The predicted molar refractivity (Wildman–Crippen MR) is 52.5 cm³/mol. The fourth-order valence-electron chi connectivity index (χ4n) is 1.46. The summed E-state index contributed by atoms with van der Waals surface area (Å²) in [5, 5.41) is 0. The van der Waals surface area contributed by atoms with Crippen molar-refractivity contribution >= 4 is 21.1 Å². The van der Waals surface area contributed by atoms with Crippen molar-refractivity contribution in [3.63, 3.8) is 0 Å². The first-order valence-corrected chi connectivity index (χ1v) is 6.22. The van der Waals surface area contributed by atoms with Crippen molar-refractivity contribution in [2.24, 2.45) is 0 Å². The van der Waals surface area contributed by atoms with E-state index in [1.165, 1.54) is 17.7 Å². The van der Waals surface area contributed by atoms with Crippen molar-refractivity contribution in [3.05, 3.63) is 0 Å². The van der Waals surface area contributed by atoms with Gasteiger partial charge in [-0.25, -0.2) is 0 Å². The van der Waals surface area contributed by atoms with E-state index in [1.54, 1.807) is 0 Å². The van der Waals surface area contributed by atoms with Gasteiger partial charge in [-0.3, -0.25) is 4.79 Å². The molecule has 1 nitrogen and oxygen atoms in total. The molecule has 0 bridgehead atoms. The number of carbonyl (C=O) groups is 1. The number of rotatable bonds is 0. The summed E-state index contributed by atoms with van der Waals surface area (Å²) in [4.78, 5) is 12.6. The Bertz CT molecular complexity index is 190. The van der Waals surface area contributed by atoms with Crippen molar-refractivity contribution in [1.82, 2.24) is 0 Å². The maximum atomic E-state index is 11.4. The fraction of sp³-hybridized carbons (Fsp3) is 0.778. The van der Waals surface area contributed by atoms with Crippen LogP contribution in [0.3, 0.4) is 0 Å². The SMILES string of the molecule is CS(C)=C1CCCCCC1=O. The van der Waals surface area contributed by atoms with Crippen LogP contribution in [0.2, 0.25) is 0 Å². The smallest absolute Gasteiger partial charge is 0.164 e. The van der Waals surface area contributed by atoms with E-state index < -0.39 is 0 Å². The van der Waals surface area contributed by atoms with Gasteiger partial charge in [-0.1, -0.05) is 6.42 Å². The van der Waals surface area contributed by atoms with Crippen LogP contribution in [0.15, 0.2) is 0 Å². The summed E-state index contributed by atoms with van der Waals surface area (Å²) in [6.45, 7) is 0. The first kappa shape index (κ1) is 8.98. The van der Waals surface area contributed by atoms with Crippen LogP contribution in [0.1, 0.15) is 32.1 Å². The fourth-order valence-corrected chi connectivity index (χ4v) is 2.57. The van der Waals surface area contributed by atoms with Crippen LogP contribution >= 0.6 is 10.5 Å². The molecule has 64 valence electrons. The topological polar surface area (TPSA) is 17.1 Å². The molecule has 0 aliphatic heterocycles. The van der Waals surface area contributed by atoms with Crippen molar-refractivity contribution in [2.45, 2.75) is 32.1 Å². The first-order valence-electron chi connectivity index (χ1n) is 4.18. The number of Topliss-reactive ketones (excluding diaryl/α,β-unsaturated/α-hetero) is 1. The summed E-state index contributed by atoms with van der Waals surface area (Å²) in [5.74, 6) is 0.441. The Morgan fingerprint density at radius 2 is 1.73 bits per heavy atom. The molecule has 0 saturated heterocycles. The van der Waals surface area contributed by atoms with Crippen molar-refractivity contribution < 1.29 is 4.79 Å². The molecule has 2 heteroatoms. The molecule has 0 N–H and O–H groups in total. The molecule has 0 spiro atoms. The second-order valence-electron chi connectivity index (χ2n) is 3.22. The lowest BCUT2D eigenvalue weighted by molar-refractivity contribution is -0.112. The molecule has 1 saturated carbocycles. The molecule has 0 radical (unpaired) electrons. The zero-order valence-electron chi connectivity index (χ0n) is 7.35. The highest BCUT2D eigenvalue weighted by Crippen LogP contribution is 2.18. The van der Waals surface area contributed by atoms with Gasteiger partial charge >= 0.3 is 0 Å². The van der Waals surface area contributed by atoms with Crippen LogP contribution in [0.4, 0.5) is 0 Å². The van der Waals surface area contributed by atoms with Gasteiger partial charge in [-0.15, -0.1) is 0 Å². The van der Waals surface area contributed by atoms with Crippen molar-refractivity contribution in [1.29, 1.82) is 0 Å². The number of hydrogen-bond donors (Lipinski definition) is 0. The van der Waals surface area contributed by atoms with Gasteiger partial charge in [0, 0.05) is 11.3 Å². The third-order valence-electron chi connectivity index (χ3n) is 2.11. The van der Waals surface area contributed by atoms with E-state index in [9.17, 15) is 4.79 Å². The Morgan fingerprint density at radius 3 is 2.36 bits per heavy atom. The van der Waals surface area contributed by atoms with Gasteiger partial charge in [0.1, 0.15) is 0 Å². The molecule has 0 atom stereocenters. The lowest BCUT2D eigenvalue weighted by Gasteiger charge is -2.03. The van der Waals surface area contributed by atoms with Crippen LogP contribution in [0.5, 0.6) is 0 Å². The Morgan fingerprint density at radius 1 is 1.09 bits per heavy atom. The highest BCUT2D eigenvalue weighted by atomic mass is 32.2. The Hall–Kier alpha value is -0.110. The van der Waals surface area contributed by atoms with Gasteiger partial charge in [0.25, 0.3) is 0 Å². The second-order valence-corrected chi connectivity index (χ2v) is 5.35. The summed E-state index contributed by atoms with van der Waals surface area (Å²) < 4.78 is 0. The lowest BCUT2D eigenvalue weighted by atomic mass is 10.2. The summed E-state index contributed by atoms with van der Waals surface area (Å²) in [6.07, 6.45) is 9.75. The summed E-state index contributed by atoms with van der Waals surface area (Å²) in [7, 11) is 0.224. The molecule has 0 amide bonds. The van der Waals surface area contributed by atoms with Gasteiger partial charge in [-0.05, 0) is 31.8 Å². The van der Waals surface area contributed by atoms with E-state index in [1.807, 2.05) is 0 Å². The van der Waals surface area contributed by atoms with E-state index in [0.717, 1.165) is 19.3 Å². The van der Waals surface area contributed by atoms with Gasteiger partial charge in [0.2, 0.25) is 0 Å². The molecule has 1 fully saturated rings. The summed E-state index contributed by atoms with van der Waals surface area (Å²) in [5.41, 5.74) is 0. The molecule has 1 aliphatic carbocycles. The molecular formula is C9H16OS. The zero-order valence-corrected chi connectivity index (χ0v) is 8.17. The van der Waals surface area contributed by atoms with E-state index in [4.69, 9.17) is 0 Å². The standard InChI is InChI=1S/C9H16OS/c1-11(2)9-7-5-3-4-6-8(9)10/h3-7H2,1-2H3. The second kappa shape index (κ2) is 4.05. The van der Waals surface area contributed by atoms with Gasteiger partial charge in [0.15, 0.2) is 5.78 Å². The molecule has 1 aliphatic rings. The average molecular weight is 172 g/mol. The minimum absolute atomic E-state index is 0.224. The van der Waals surface area contributed by atoms with E-state index in [2.05, 4.69) is 12.5 Å². The molecule has 0 heterocycles. The Kier molecular flexibility index (Phi) is 3.31. The summed E-state index contributed by atoms with van der Waals surface area (Å²) in [6, 6.07) is 0. The largest absolute Gasteiger partial charge is 0.294 e. The van der Waals surface area contributed by atoms with Crippen LogP contribution in [-0.4, -0.2) is 23.2 Å². The Labute approximate surface area is 71.1 Å². The van der Waals surface area contributed by atoms with Gasteiger partial charge in [0.05, 0.1) is 0 Å². The highest BCUT2D eigenvalue weighted by Gasteiger charge is 2.13. The van der Waals surface area contributed by atoms with Crippen LogP contribution in [0.25, 0.3) is 0 Å². The lowest BCUT2D eigenvalue weighted by Crippen LogP contribution is -2.11. The van der Waals surface area contributed by atoms with Gasteiger partial charge < -0.3 is 0 Å². The molecule has 11 heavy (non-hydrogen) atoms. The minimum Gasteiger partial charge on any atom is -0.294 e. The molecule has 0 aromatic rings. The highest BCUT2D eigenvalue weighted by molar-refractivity contribution is 8.15. The van der Waals surface area contributed by atoms with Crippen LogP contribution in [0, 0.1) is 0 Å². The van der Waals surface area contributed by atoms with Crippen molar-refractivity contribution in [2.75, 3.05) is 12.5 Å².